The van der Waals surface area contributed by atoms with Crippen molar-refractivity contribution in [1.29, 1.82) is 0 Å². The second-order valence-electron chi connectivity index (χ2n) is 4.67. The van der Waals surface area contributed by atoms with Gasteiger partial charge in [0.05, 0.1) is 6.10 Å². The van der Waals surface area contributed by atoms with Crippen LogP contribution in [0, 0.1) is 5.82 Å². The molecule has 1 saturated carbocycles. The highest BCUT2D eigenvalue weighted by molar-refractivity contribution is 8.01. The van der Waals surface area contributed by atoms with Crippen LogP contribution in [0.15, 0.2) is 28.6 Å². The molecule has 1 aliphatic carbocycles. The first-order valence-electron chi connectivity index (χ1n) is 6.37. The van der Waals surface area contributed by atoms with Gasteiger partial charge in [-0.2, -0.15) is 0 Å². The Hall–Kier alpha value is -1.18. The van der Waals surface area contributed by atoms with Crippen LogP contribution in [0.5, 0.6) is 0 Å². The van der Waals surface area contributed by atoms with E-state index in [2.05, 4.69) is 15.5 Å². The van der Waals surface area contributed by atoms with E-state index in [1.807, 2.05) is 0 Å². The number of anilines is 1. The van der Waals surface area contributed by atoms with Gasteiger partial charge in [-0.1, -0.05) is 35.2 Å². The predicted molar refractivity (Wildman–Crippen MR) is 78.6 cm³/mol. The fourth-order valence-corrected chi connectivity index (χ4v) is 3.48. The van der Waals surface area contributed by atoms with Gasteiger partial charge in [-0.15, -0.1) is 10.2 Å². The number of halogens is 1. The lowest BCUT2D eigenvalue weighted by Gasteiger charge is -2.08. The van der Waals surface area contributed by atoms with Gasteiger partial charge < -0.3 is 10.4 Å². The van der Waals surface area contributed by atoms with Crippen LogP contribution in [0.25, 0.3) is 0 Å². The third kappa shape index (κ3) is 3.68. The highest BCUT2D eigenvalue weighted by atomic mass is 32.2. The zero-order valence-electron chi connectivity index (χ0n) is 10.6. The smallest absolute Gasteiger partial charge is 0.206 e. The molecule has 0 amide bonds. The summed E-state index contributed by atoms with van der Waals surface area (Å²) in [6.45, 7) is 0. The van der Waals surface area contributed by atoms with Gasteiger partial charge in [-0.25, -0.2) is 4.39 Å². The molecule has 1 fully saturated rings. The number of hydrogen-bond acceptors (Lipinski definition) is 6. The van der Waals surface area contributed by atoms with Gasteiger partial charge in [-0.05, 0) is 30.5 Å². The number of rotatable bonds is 6. The molecule has 1 unspecified atom stereocenters. The minimum absolute atomic E-state index is 0.298. The van der Waals surface area contributed by atoms with Gasteiger partial charge >= 0.3 is 0 Å². The molecule has 1 heterocycles. The quantitative estimate of drug-likeness (QED) is 0.803. The van der Waals surface area contributed by atoms with Crippen molar-refractivity contribution in [2.75, 3.05) is 11.1 Å². The van der Waals surface area contributed by atoms with Crippen molar-refractivity contribution in [3.05, 3.63) is 35.6 Å². The van der Waals surface area contributed by atoms with Crippen LogP contribution in [-0.4, -0.2) is 27.1 Å². The van der Waals surface area contributed by atoms with Crippen LogP contribution in [0.2, 0.25) is 0 Å². The first-order valence-corrected chi connectivity index (χ1v) is 8.17. The molecule has 1 aromatic heterocycles. The maximum absolute atomic E-state index is 12.8. The standard InChI is InChI=1S/C13H14FN3OS2/c14-9-3-1-8(2-4-9)11(18)7-19-13-17-16-12(20-13)15-10-5-6-10/h1-4,10-11,18H,5-7H2,(H,15,16). The molecule has 2 N–H and O–H groups in total. The molecule has 0 spiro atoms. The summed E-state index contributed by atoms with van der Waals surface area (Å²) in [4.78, 5) is 0. The van der Waals surface area contributed by atoms with Crippen molar-refractivity contribution in [3.63, 3.8) is 0 Å². The molecule has 3 rings (SSSR count). The van der Waals surface area contributed by atoms with E-state index in [9.17, 15) is 9.50 Å². The lowest BCUT2D eigenvalue weighted by molar-refractivity contribution is 0.204. The normalized spacial score (nSPS) is 16.1. The van der Waals surface area contributed by atoms with Crippen molar-refractivity contribution in [3.8, 4) is 0 Å². The summed E-state index contributed by atoms with van der Waals surface area (Å²) < 4.78 is 13.6. The summed E-state index contributed by atoms with van der Waals surface area (Å²) in [6.07, 6.45) is 1.76. The maximum atomic E-state index is 12.8. The Morgan fingerprint density at radius 2 is 2.10 bits per heavy atom. The van der Waals surface area contributed by atoms with Crippen LogP contribution in [0.3, 0.4) is 0 Å². The van der Waals surface area contributed by atoms with E-state index < -0.39 is 6.10 Å². The molecule has 0 aliphatic heterocycles. The van der Waals surface area contributed by atoms with Crippen LogP contribution >= 0.6 is 23.1 Å². The number of nitrogens with one attached hydrogen (secondary N) is 1. The van der Waals surface area contributed by atoms with Crippen LogP contribution in [0.1, 0.15) is 24.5 Å². The highest BCUT2D eigenvalue weighted by Gasteiger charge is 2.22. The molecule has 0 bridgehead atoms. The molecular weight excluding hydrogens is 297 g/mol. The molecule has 2 aromatic rings. The number of benzene rings is 1. The first-order chi connectivity index (χ1) is 9.70. The first kappa shape index (κ1) is 13.8. The van der Waals surface area contributed by atoms with E-state index in [0.717, 1.165) is 9.47 Å². The highest BCUT2D eigenvalue weighted by Crippen LogP contribution is 2.31. The average molecular weight is 311 g/mol. The van der Waals surface area contributed by atoms with E-state index in [1.54, 1.807) is 12.1 Å². The summed E-state index contributed by atoms with van der Waals surface area (Å²) in [5, 5.41) is 22.3. The molecule has 0 radical (unpaired) electrons. The maximum Gasteiger partial charge on any atom is 0.206 e. The topological polar surface area (TPSA) is 58.0 Å². The summed E-state index contributed by atoms with van der Waals surface area (Å²) in [7, 11) is 0. The van der Waals surface area contributed by atoms with Gasteiger partial charge in [0.15, 0.2) is 4.34 Å². The lowest BCUT2D eigenvalue weighted by atomic mass is 10.1. The number of hydrogen-bond donors (Lipinski definition) is 2. The summed E-state index contributed by atoms with van der Waals surface area (Å²) >= 11 is 2.96. The van der Waals surface area contributed by atoms with E-state index >= 15 is 0 Å². The second-order valence-corrected chi connectivity index (χ2v) is 6.91. The van der Waals surface area contributed by atoms with Gasteiger partial charge in [-0.3, -0.25) is 0 Å². The van der Waals surface area contributed by atoms with Gasteiger partial charge in [0.1, 0.15) is 5.82 Å². The second kappa shape index (κ2) is 6.07. The van der Waals surface area contributed by atoms with Gasteiger partial charge in [0.25, 0.3) is 0 Å². The van der Waals surface area contributed by atoms with E-state index in [1.165, 1.54) is 48.1 Å². The number of nitrogens with zero attached hydrogens (tertiary/aromatic N) is 2. The van der Waals surface area contributed by atoms with E-state index in [0.29, 0.717) is 17.4 Å². The predicted octanol–water partition coefficient (Wildman–Crippen LogP) is 3.08. The molecule has 106 valence electrons. The van der Waals surface area contributed by atoms with Gasteiger partial charge in [0.2, 0.25) is 5.13 Å². The average Bonchev–Trinajstić information content (AvgIpc) is 3.14. The third-order valence-corrected chi connectivity index (χ3v) is 4.99. The molecule has 1 atom stereocenters. The Labute approximate surface area is 124 Å². The van der Waals surface area contributed by atoms with Crippen LogP contribution < -0.4 is 5.32 Å². The Morgan fingerprint density at radius 3 is 2.80 bits per heavy atom. The minimum Gasteiger partial charge on any atom is -0.388 e. The summed E-state index contributed by atoms with van der Waals surface area (Å²) in [5.41, 5.74) is 0.708. The van der Waals surface area contributed by atoms with E-state index in [4.69, 9.17) is 0 Å². The number of aliphatic hydroxyl groups is 1. The molecule has 4 nitrogen and oxygen atoms in total. The number of thioether (sulfide) groups is 1. The largest absolute Gasteiger partial charge is 0.388 e. The summed E-state index contributed by atoms with van der Waals surface area (Å²) in [6, 6.07) is 6.46. The molecule has 1 aromatic carbocycles. The van der Waals surface area contributed by atoms with Gasteiger partial charge in [0, 0.05) is 11.8 Å². The third-order valence-electron chi connectivity index (χ3n) is 2.93. The van der Waals surface area contributed by atoms with E-state index in [-0.39, 0.29) is 5.82 Å². The minimum atomic E-state index is -0.635. The fraction of sp³-hybridized carbons (Fsp3) is 0.385. The van der Waals surface area contributed by atoms with Crippen molar-refractivity contribution >= 4 is 28.2 Å². The van der Waals surface area contributed by atoms with Crippen molar-refractivity contribution in [1.82, 2.24) is 10.2 Å². The van der Waals surface area contributed by atoms with Crippen LogP contribution in [-0.2, 0) is 0 Å². The van der Waals surface area contributed by atoms with Crippen molar-refractivity contribution < 1.29 is 9.50 Å². The van der Waals surface area contributed by atoms with Crippen molar-refractivity contribution in [2.24, 2.45) is 0 Å². The molecule has 20 heavy (non-hydrogen) atoms. The molecule has 1 aliphatic rings. The monoisotopic (exact) mass is 311 g/mol. The number of aliphatic hydroxyl groups excluding tert-OH is 1. The Kier molecular flexibility index (Phi) is 4.18. The number of aromatic nitrogens is 2. The zero-order chi connectivity index (χ0) is 13.9. The lowest BCUT2D eigenvalue weighted by Crippen LogP contribution is -2.00. The SMILES string of the molecule is OC(CSc1nnc(NC2CC2)s1)c1ccc(F)cc1. The van der Waals surface area contributed by atoms with Crippen molar-refractivity contribution in [2.45, 2.75) is 29.3 Å². The Balaban J connectivity index is 1.52. The fourth-order valence-electron chi connectivity index (χ4n) is 1.66. The molecular formula is C13H14FN3OS2. The Morgan fingerprint density at radius 1 is 1.35 bits per heavy atom. The van der Waals surface area contributed by atoms with Crippen LogP contribution in [0.4, 0.5) is 9.52 Å². The Bertz CT molecular complexity index is 571. The summed E-state index contributed by atoms with van der Waals surface area (Å²) in [5.74, 6) is 0.178. The molecule has 0 saturated heterocycles. The molecule has 7 heteroatoms. The zero-order valence-corrected chi connectivity index (χ0v) is 12.3.